The Labute approximate surface area is 226 Å². The number of halogens is 3. The zero-order valence-electron chi connectivity index (χ0n) is 19.4. The summed E-state index contributed by atoms with van der Waals surface area (Å²) in [5.74, 6) is -0.682. The van der Waals surface area contributed by atoms with Gasteiger partial charge in [-0.1, -0.05) is 44.0 Å². The van der Waals surface area contributed by atoms with Gasteiger partial charge in [0.1, 0.15) is 11.9 Å². The van der Waals surface area contributed by atoms with Crippen molar-refractivity contribution in [1.29, 1.82) is 0 Å². The van der Waals surface area contributed by atoms with E-state index in [2.05, 4.69) is 25.9 Å². The lowest BCUT2D eigenvalue weighted by molar-refractivity contribution is -0.140. The molecule has 188 valence electrons. The molecule has 0 saturated heterocycles. The molecule has 0 aliphatic carbocycles. The van der Waals surface area contributed by atoms with E-state index in [-0.39, 0.29) is 20.6 Å². The van der Waals surface area contributed by atoms with E-state index in [1.807, 2.05) is 4.57 Å². The summed E-state index contributed by atoms with van der Waals surface area (Å²) in [6.45, 7) is 5.00. The van der Waals surface area contributed by atoms with Crippen molar-refractivity contribution in [3.05, 3.63) is 75.7 Å². The molecule has 4 aromatic rings. The van der Waals surface area contributed by atoms with Crippen molar-refractivity contribution in [3.63, 3.8) is 0 Å². The second kappa shape index (κ2) is 9.66. The molecule has 1 N–H and O–H groups in total. The van der Waals surface area contributed by atoms with E-state index < -0.39 is 27.4 Å². The second-order valence-electron chi connectivity index (χ2n) is 9.13. The highest BCUT2D eigenvalue weighted by atomic mass is 79.9. The minimum absolute atomic E-state index is 0.118. The predicted octanol–water partition coefficient (Wildman–Crippen LogP) is 6.18. The first-order valence-corrected chi connectivity index (χ1v) is 13.6. The summed E-state index contributed by atoms with van der Waals surface area (Å²) in [5, 5.41) is 11.1. The van der Waals surface area contributed by atoms with Crippen LogP contribution in [0.4, 0.5) is 5.69 Å². The third kappa shape index (κ3) is 5.08. The van der Waals surface area contributed by atoms with Crippen LogP contribution in [0.2, 0.25) is 10.0 Å². The Balaban J connectivity index is 1.94. The number of rotatable bonds is 6. The van der Waals surface area contributed by atoms with Crippen molar-refractivity contribution < 1.29 is 18.3 Å². The quantitative estimate of drug-likeness (QED) is 0.261. The number of nitrogens with zero attached hydrogens (tertiary/aromatic N) is 4. The maximum Gasteiger partial charge on any atom is 0.328 e. The maximum atomic E-state index is 13.9. The van der Waals surface area contributed by atoms with Crippen molar-refractivity contribution in [2.45, 2.75) is 31.7 Å². The molecular weight excluding hydrogens is 591 g/mol. The second-order valence-corrected chi connectivity index (χ2v) is 12.5. The van der Waals surface area contributed by atoms with Gasteiger partial charge in [-0.05, 0) is 69.9 Å². The zero-order valence-corrected chi connectivity index (χ0v) is 23.3. The number of carbonyl (C=O) groups is 1. The molecule has 36 heavy (non-hydrogen) atoms. The average molecular weight is 612 g/mol. The van der Waals surface area contributed by atoms with Crippen molar-refractivity contribution >= 4 is 71.7 Å². The van der Waals surface area contributed by atoms with Crippen LogP contribution < -0.4 is 4.31 Å². The number of benzene rings is 2. The van der Waals surface area contributed by atoms with Crippen molar-refractivity contribution in [2.24, 2.45) is 5.41 Å². The van der Waals surface area contributed by atoms with Gasteiger partial charge < -0.3 is 9.67 Å². The Kier molecular flexibility index (Phi) is 7.09. The fourth-order valence-electron chi connectivity index (χ4n) is 3.97. The van der Waals surface area contributed by atoms with E-state index in [9.17, 15) is 18.3 Å². The van der Waals surface area contributed by atoms with Gasteiger partial charge in [0.25, 0.3) is 10.0 Å². The molecule has 0 spiro atoms. The molecule has 0 amide bonds. The first-order chi connectivity index (χ1) is 16.8. The lowest BCUT2D eigenvalue weighted by Gasteiger charge is -2.37. The number of sulfonamides is 1. The molecule has 2 heterocycles. The molecular formula is C24H21BrCl2N4O4S. The Hall–Kier alpha value is -2.66. The van der Waals surface area contributed by atoms with Crippen molar-refractivity contribution in [3.8, 4) is 5.82 Å². The Bertz CT molecular complexity index is 1560. The average Bonchev–Trinajstić information content (AvgIpc) is 3.18. The fourth-order valence-corrected chi connectivity index (χ4v) is 6.78. The molecule has 1 unspecified atom stereocenters. The lowest BCUT2D eigenvalue weighted by Crippen LogP contribution is -2.52. The number of fused-ring (bicyclic) bond motifs is 1. The van der Waals surface area contributed by atoms with Crippen LogP contribution in [0.3, 0.4) is 0 Å². The first kappa shape index (κ1) is 26.4. The summed E-state index contributed by atoms with van der Waals surface area (Å²) >= 11 is 15.4. The van der Waals surface area contributed by atoms with Crippen molar-refractivity contribution in [2.75, 3.05) is 4.31 Å². The fraction of sp³-hybridized carbons (Fsp3) is 0.208. The smallest absolute Gasteiger partial charge is 0.328 e. The number of aromatic nitrogens is 3. The van der Waals surface area contributed by atoms with Gasteiger partial charge in [0.2, 0.25) is 0 Å². The van der Waals surface area contributed by atoms with Gasteiger partial charge in [-0.3, -0.25) is 4.31 Å². The van der Waals surface area contributed by atoms with Gasteiger partial charge in [0.15, 0.2) is 4.73 Å². The van der Waals surface area contributed by atoms with E-state index in [1.165, 1.54) is 18.2 Å². The molecule has 8 nitrogen and oxygen atoms in total. The molecule has 0 aliphatic heterocycles. The minimum atomic E-state index is -4.40. The van der Waals surface area contributed by atoms with Gasteiger partial charge >= 0.3 is 5.97 Å². The molecule has 2 aromatic carbocycles. The van der Waals surface area contributed by atoms with E-state index in [0.717, 1.165) is 9.82 Å². The summed E-state index contributed by atoms with van der Waals surface area (Å²) < 4.78 is 31.1. The van der Waals surface area contributed by atoms with Gasteiger partial charge in [0.05, 0.1) is 16.1 Å². The number of hydrogen-bond donors (Lipinski definition) is 1. The topological polar surface area (TPSA) is 105 Å². The molecule has 0 saturated carbocycles. The number of hydrogen-bond acceptors (Lipinski definition) is 5. The normalized spacial score (nSPS) is 13.1. The molecule has 0 bridgehead atoms. The van der Waals surface area contributed by atoms with Crippen LogP contribution in [0.25, 0.3) is 16.7 Å². The Morgan fingerprint density at radius 1 is 1.08 bits per heavy atom. The highest BCUT2D eigenvalue weighted by Gasteiger charge is 2.43. The largest absolute Gasteiger partial charge is 0.480 e. The molecule has 2 aromatic heterocycles. The molecule has 4 rings (SSSR count). The van der Waals surface area contributed by atoms with E-state index >= 15 is 0 Å². The van der Waals surface area contributed by atoms with Crippen LogP contribution in [0.15, 0.2) is 70.6 Å². The van der Waals surface area contributed by atoms with Crippen LogP contribution in [0, 0.1) is 5.41 Å². The van der Waals surface area contributed by atoms with Gasteiger partial charge in [-0.2, -0.15) is 0 Å². The third-order valence-electron chi connectivity index (χ3n) is 5.47. The number of carboxylic acid groups (broad SMARTS) is 1. The third-order valence-corrected chi connectivity index (χ3v) is 8.06. The van der Waals surface area contributed by atoms with Crippen LogP contribution in [0.5, 0.6) is 0 Å². The maximum absolute atomic E-state index is 13.9. The Morgan fingerprint density at radius 2 is 1.75 bits per heavy atom. The molecule has 12 heteroatoms. The Morgan fingerprint density at radius 3 is 2.33 bits per heavy atom. The highest BCUT2D eigenvalue weighted by Crippen LogP contribution is 2.37. The zero-order chi connectivity index (χ0) is 26.4. The van der Waals surface area contributed by atoms with E-state index in [0.29, 0.717) is 15.9 Å². The molecule has 1 atom stereocenters. The highest BCUT2D eigenvalue weighted by molar-refractivity contribution is 9.10. The minimum Gasteiger partial charge on any atom is -0.480 e. The van der Waals surface area contributed by atoms with Gasteiger partial charge in [-0.15, -0.1) is 0 Å². The van der Waals surface area contributed by atoms with Crippen LogP contribution in [0.1, 0.15) is 20.8 Å². The van der Waals surface area contributed by atoms with E-state index in [4.69, 9.17) is 23.2 Å². The predicted molar refractivity (Wildman–Crippen MR) is 144 cm³/mol. The monoisotopic (exact) mass is 610 g/mol. The first-order valence-electron chi connectivity index (χ1n) is 10.6. The molecule has 0 aliphatic rings. The van der Waals surface area contributed by atoms with Crippen LogP contribution in [-0.4, -0.2) is 40.1 Å². The van der Waals surface area contributed by atoms with Gasteiger partial charge in [0, 0.05) is 27.8 Å². The summed E-state index contributed by atoms with van der Waals surface area (Å²) in [7, 11) is -4.40. The SMILES string of the molecule is CC(C)(C)C(C(=O)O)N(c1ccc2c(ccn2-c2ccnc(Br)n2)c1)S(=O)(=O)c1cc(Cl)cc(Cl)c1. The van der Waals surface area contributed by atoms with Crippen LogP contribution in [-0.2, 0) is 14.8 Å². The number of carboxylic acids is 1. The summed E-state index contributed by atoms with van der Waals surface area (Å²) in [5.41, 5.74) is -0.0345. The summed E-state index contributed by atoms with van der Waals surface area (Å²) in [6.07, 6.45) is 3.40. The van der Waals surface area contributed by atoms with Gasteiger partial charge in [-0.25, -0.2) is 23.2 Å². The number of anilines is 1. The lowest BCUT2D eigenvalue weighted by atomic mass is 9.86. The summed E-state index contributed by atoms with van der Waals surface area (Å²) in [6, 6.07) is 10.9. The summed E-state index contributed by atoms with van der Waals surface area (Å²) in [4.78, 5) is 20.7. The van der Waals surface area contributed by atoms with Crippen LogP contribution >= 0.6 is 39.1 Å². The number of aliphatic carboxylic acids is 1. The standard InChI is InChI=1S/C24H21BrCl2N4O4S/c1-24(2,3)21(22(32)33)31(36(34,35)18-12-15(26)11-16(27)13-18)17-4-5-19-14(10-17)7-9-30(19)20-6-8-28-23(25)29-20/h4-13,21H,1-3H3,(H,32,33). The molecule has 0 radical (unpaired) electrons. The van der Waals surface area contributed by atoms with Crippen molar-refractivity contribution in [1.82, 2.24) is 14.5 Å². The molecule has 0 fully saturated rings. The van der Waals surface area contributed by atoms with E-state index in [1.54, 1.807) is 63.5 Å².